The minimum absolute atomic E-state index is 0.130. The quantitative estimate of drug-likeness (QED) is 0.851. The summed E-state index contributed by atoms with van der Waals surface area (Å²) >= 11 is 0. The first kappa shape index (κ1) is 9.85. The van der Waals surface area contributed by atoms with Crippen LogP contribution in [0.3, 0.4) is 0 Å². The largest absolute Gasteiger partial charge is 0.325 e. The molecule has 0 aromatic carbocycles. The van der Waals surface area contributed by atoms with E-state index in [2.05, 4.69) is 22.5 Å². The maximum Gasteiger partial charge on any atom is 0.137 e. The molecule has 2 aromatic heterocycles. The van der Waals surface area contributed by atoms with Gasteiger partial charge in [-0.25, -0.2) is 4.98 Å². The molecule has 16 heavy (non-hydrogen) atoms. The van der Waals surface area contributed by atoms with Crippen LogP contribution in [0.2, 0.25) is 0 Å². The monoisotopic (exact) mass is 215 g/mol. The molecule has 0 aliphatic heterocycles. The van der Waals surface area contributed by atoms with Crippen LogP contribution in [0.1, 0.15) is 30.7 Å². The van der Waals surface area contributed by atoms with E-state index in [4.69, 9.17) is 5.73 Å². The van der Waals surface area contributed by atoms with Crippen LogP contribution in [0, 0.1) is 6.92 Å². The Kier molecular flexibility index (Phi) is 2.04. The zero-order chi connectivity index (χ0) is 11.2. The molecule has 2 N–H and O–H groups in total. The summed E-state index contributed by atoms with van der Waals surface area (Å²) in [4.78, 5) is 4.56. The minimum Gasteiger partial charge on any atom is -0.325 e. The summed E-state index contributed by atoms with van der Waals surface area (Å²) < 4.78 is 2.18. The maximum absolute atomic E-state index is 6.13. The summed E-state index contributed by atoms with van der Waals surface area (Å²) in [6.07, 6.45) is 6.57. The summed E-state index contributed by atoms with van der Waals surface area (Å²) in [5.74, 6) is 0. The third kappa shape index (κ3) is 1.61. The van der Waals surface area contributed by atoms with E-state index >= 15 is 0 Å². The number of pyridine rings is 1. The minimum atomic E-state index is 0.130. The van der Waals surface area contributed by atoms with Gasteiger partial charge in [-0.1, -0.05) is 6.07 Å². The number of nitrogens with zero attached hydrogens (tertiary/aromatic N) is 2. The molecule has 2 aromatic rings. The van der Waals surface area contributed by atoms with Gasteiger partial charge in [0.15, 0.2) is 0 Å². The number of rotatable bonds is 3. The van der Waals surface area contributed by atoms with Gasteiger partial charge in [-0.05, 0) is 44.7 Å². The van der Waals surface area contributed by atoms with E-state index in [1.807, 2.05) is 18.2 Å². The van der Waals surface area contributed by atoms with Crippen molar-refractivity contribution < 1.29 is 0 Å². The molecule has 2 heterocycles. The maximum atomic E-state index is 6.13. The SMILES string of the molecule is Cc1nc2ccccn2c1CCC1(N)CC1. The average Bonchev–Trinajstić information content (AvgIpc) is 2.91. The van der Waals surface area contributed by atoms with Crippen LogP contribution < -0.4 is 5.73 Å². The highest BCUT2D eigenvalue weighted by atomic mass is 15.0. The Morgan fingerprint density at radius 1 is 1.44 bits per heavy atom. The number of aryl methyl sites for hydroxylation is 2. The fraction of sp³-hybridized carbons (Fsp3) is 0.462. The van der Waals surface area contributed by atoms with Crippen molar-refractivity contribution in [1.29, 1.82) is 0 Å². The Bertz CT molecular complexity index is 523. The second kappa shape index (κ2) is 3.32. The normalized spacial score (nSPS) is 17.9. The van der Waals surface area contributed by atoms with E-state index in [0.29, 0.717) is 0 Å². The predicted molar refractivity (Wildman–Crippen MR) is 64.4 cm³/mol. The lowest BCUT2D eigenvalue weighted by Crippen LogP contribution is -2.22. The van der Waals surface area contributed by atoms with Gasteiger partial charge in [0.2, 0.25) is 0 Å². The van der Waals surface area contributed by atoms with Gasteiger partial charge in [0, 0.05) is 17.4 Å². The van der Waals surface area contributed by atoms with Gasteiger partial charge in [-0.15, -0.1) is 0 Å². The molecule has 0 bridgehead atoms. The van der Waals surface area contributed by atoms with Crippen molar-refractivity contribution in [2.75, 3.05) is 0 Å². The first-order chi connectivity index (χ1) is 7.68. The lowest BCUT2D eigenvalue weighted by molar-refractivity contribution is 0.600. The summed E-state index contributed by atoms with van der Waals surface area (Å²) in [6, 6.07) is 6.12. The van der Waals surface area contributed by atoms with E-state index < -0.39 is 0 Å². The second-order valence-electron chi connectivity index (χ2n) is 4.94. The Labute approximate surface area is 95.3 Å². The summed E-state index contributed by atoms with van der Waals surface area (Å²) in [6.45, 7) is 2.08. The first-order valence-electron chi connectivity index (χ1n) is 5.89. The molecule has 0 saturated heterocycles. The fourth-order valence-electron chi connectivity index (χ4n) is 2.24. The van der Waals surface area contributed by atoms with Crippen molar-refractivity contribution in [2.45, 2.75) is 38.1 Å². The molecule has 1 fully saturated rings. The van der Waals surface area contributed by atoms with Crippen LogP contribution in [0.4, 0.5) is 0 Å². The van der Waals surface area contributed by atoms with Gasteiger partial charge >= 0.3 is 0 Å². The van der Waals surface area contributed by atoms with Gasteiger partial charge in [-0.3, -0.25) is 0 Å². The molecule has 1 aliphatic carbocycles. The summed E-state index contributed by atoms with van der Waals surface area (Å²) in [5.41, 5.74) is 9.74. The number of hydrogen-bond donors (Lipinski definition) is 1. The smallest absolute Gasteiger partial charge is 0.137 e. The van der Waals surface area contributed by atoms with Gasteiger partial charge in [0.05, 0.1) is 5.69 Å². The molecule has 3 nitrogen and oxygen atoms in total. The molecule has 0 unspecified atom stereocenters. The van der Waals surface area contributed by atoms with Gasteiger partial charge in [0.25, 0.3) is 0 Å². The van der Waals surface area contributed by atoms with Crippen molar-refractivity contribution in [2.24, 2.45) is 5.73 Å². The molecular weight excluding hydrogens is 198 g/mol. The van der Waals surface area contributed by atoms with E-state index in [-0.39, 0.29) is 5.54 Å². The van der Waals surface area contributed by atoms with Crippen molar-refractivity contribution in [3.63, 3.8) is 0 Å². The topological polar surface area (TPSA) is 43.3 Å². The fourth-order valence-corrected chi connectivity index (χ4v) is 2.24. The number of nitrogens with two attached hydrogens (primary N) is 1. The summed E-state index contributed by atoms with van der Waals surface area (Å²) in [5, 5.41) is 0. The van der Waals surface area contributed by atoms with Crippen molar-refractivity contribution >= 4 is 5.65 Å². The zero-order valence-electron chi connectivity index (χ0n) is 9.61. The molecule has 1 saturated carbocycles. The molecule has 3 rings (SSSR count). The third-order valence-corrected chi connectivity index (χ3v) is 3.58. The zero-order valence-corrected chi connectivity index (χ0v) is 9.61. The van der Waals surface area contributed by atoms with Crippen LogP contribution in [0.15, 0.2) is 24.4 Å². The molecule has 0 amide bonds. The third-order valence-electron chi connectivity index (χ3n) is 3.58. The van der Waals surface area contributed by atoms with Gasteiger partial charge in [-0.2, -0.15) is 0 Å². The summed E-state index contributed by atoms with van der Waals surface area (Å²) in [7, 11) is 0. The molecule has 3 heteroatoms. The standard InChI is InChI=1S/C13H17N3/c1-10-11(5-6-13(14)7-8-13)16-9-3-2-4-12(16)15-10/h2-4,9H,5-8,14H2,1H3. The lowest BCUT2D eigenvalue weighted by Gasteiger charge is -2.08. The Morgan fingerprint density at radius 2 is 2.25 bits per heavy atom. The van der Waals surface area contributed by atoms with E-state index in [1.54, 1.807) is 0 Å². The second-order valence-corrected chi connectivity index (χ2v) is 4.94. The van der Waals surface area contributed by atoms with Crippen molar-refractivity contribution in [3.8, 4) is 0 Å². The van der Waals surface area contributed by atoms with Crippen molar-refractivity contribution in [3.05, 3.63) is 35.8 Å². The Balaban J connectivity index is 1.92. The predicted octanol–water partition coefficient (Wildman–Crippen LogP) is 2.07. The van der Waals surface area contributed by atoms with Crippen LogP contribution in [0.25, 0.3) is 5.65 Å². The molecule has 84 valence electrons. The Hall–Kier alpha value is -1.35. The van der Waals surface area contributed by atoms with E-state index in [9.17, 15) is 0 Å². The van der Waals surface area contributed by atoms with Crippen LogP contribution >= 0.6 is 0 Å². The highest BCUT2D eigenvalue weighted by molar-refractivity contribution is 5.42. The van der Waals surface area contributed by atoms with E-state index in [0.717, 1.165) is 24.2 Å². The van der Waals surface area contributed by atoms with Gasteiger partial charge in [0.1, 0.15) is 5.65 Å². The van der Waals surface area contributed by atoms with Crippen molar-refractivity contribution in [1.82, 2.24) is 9.38 Å². The van der Waals surface area contributed by atoms with Gasteiger partial charge < -0.3 is 10.1 Å². The lowest BCUT2D eigenvalue weighted by atomic mass is 10.1. The number of aromatic nitrogens is 2. The van der Waals surface area contributed by atoms with Crippen LogP contribution in [-0.4, -0.2) is 14.9 Å². The Morgan fingerprint density at radius 3 is 3.00 bits per heavy atom. The number of imidazole rings is 1. The number of fused-ring (bicyclic) bond motifs is 1. The average molecular weight is 215 g/mol. The van der Waals surface area contributed by atoms with Crippen LogP contribution in [-0.2, 0) is 6.42 Å². The highest BCUT2D eigenvalue weighted by Crippen LogP contribution is 2.36. The molecule has 0 spiro atoms. The highest BCUT2D eigenvalue weighted by Gasteiger charge is 2.37. The number of hydrogen-bond acceptors (Lipinski definition) is 2. The molecule has 0 radical (unpaired) electrons. The van der Waals surface area contributed by atoms with Crippen LogP contribution in [0.5, 0.6) is 0 Å². The molecular formula is C13H17N3. The molecule has 0 atom stereocenters. The van der Waals surface area contributed by atoms with E-state index in [1.165, 1.54) is 18.5 Å². The molecule has 1 aliphatic rings. The first-order valence-corrected chi connectivity index (χ1v) is 5.89.